The molecule has 1 aliphatic carbocycles. The summed E-state index contributed by atoms with van der Waals surface area (Å²) in [5, 5.41) is 12.4. The SMILES string of the molecule is Cl.N[C@@H]1C[C@H](C(=O)NCc2c(F)cccc2Cl)C[C@H]1O. The molecule has 0 unspecified atom stereocenters. The lowest BCUT2D eigenvalue weighted by molar-refractivity contribution is -0.125. The van der Waals surface area contributed by atoms with Gasteiger partial charge >= 0.3 is 0 Å². The van der Waals surface area contributed by atoms with Gasteiger partial charge in [0.25, 0.3) is 0 Å². The van der Waals surface area contributed by atoms with Gasteiger partial charge in [0.15, 0.2) is 0 Å². The third-order valence-electron chi connectivity index (χ3n) is 3.45. The van der Waals surface area contributed by atoms with Crippen LogP contribution in [0.3, 0.4) is 0 Å². The lowest BCUT2D eigenvalue weighted by atomic mass is 10.1. The molecule has 0 aromatic heterocycles. The Labute approximate surface area is 127 Å². The summed E-state index contributed by atoms with van der Waals surface area (Å²) in [6.45, 7) is 0.0339. The van der Waals surface area contributed by atoms with Gasteiger partial charge in [0, 0.05) is 29.1 Å². The fourth-order valence-corrected chi connectivity index (χ4v) is 2.51. The molecule has 4 nitrogen and oxygen atoms in total. The Morgan fingerprint density at radius 2 is 2.20 bits per heavy atom. The van der Waals surface area contributed by atoms with Crippen LogP contribution in [0.15, 0.2) is 18.2 Å². The molecule has 1 aromatic rings. The maximum atomic E-state index is 13.5. The Hall–Kier alpha value is -0.880. The molecule has 1 saturated carbocycles. The number of hydrogen-bond donors (Lipinski definition) is 3. The third kappa shape index (κ3) is 3.82. The van der Waals surface area contributed by atoms with Gasteiger partial charge in [-0.05, 0) is 25.0 Å². The first-order chi connectivity index (χ1) is 8.99. The molecule has 0 radical (unpaired) electrons. The first kappa shape index (κ1) is 17.2. The van der Waals surface area contributed by atoms with Crippen LogP contribution in [0.2, 0.25) is 5.02 Å². The molecule has 2 rings (SSSR count). The van der Waals surface area contributed by atoms with Crippen LogP contribution in [0.25, 0.3) is 0 Å². The smallest absolute Gasteiger partial charge is 0.223 e. The molecular formula is C13H17Cl2FN2O2. The highest BCUT2D eigenvalue weighted by Gasteiger charge is 2.34. The molecule has 0 saturated heterocycles. The van der Waals surface area contributed by atoms with Gasteiger partial charge in [-0.3, -0.25) is 4.79 Å². The predicted molar refractivity (Wildman–Crippen MR) is 77.2 cm³/mol. The molecule has 112 valence electrons. The Bertz CT molecular complexity index is 457. The number of hydrogen-bond acceptors (Lipinski definition) is 3. The van der Waals surface area contributed by atoms with E-state index < -0.39 is 11.9 Å². The Morgan fingerprint density at radius 3 is 2.75 bits per heavy atom. The number of rotatable bonds is 3. The highest BCUT2D eigenvalue weighted by Crippen LogP contribution is 2.25. The van der Waals surface area contributed by atoms with E-state index in [2.05, 4.69) is 5.32 Å². The predicted octanol–water partition coefficient (Wildman–Crippen LogP) is 1.62. The van der Waals surface area contributed by atoms with Crippen molar-refractivity contribution in [3.8, 4) is 0 Å². The van der Waals surface area contributed by atoms with Crippen molar-refractivity contribution < 1.29 is 14.3 Å². The number of carbonyl (C=O) groups excluding carboxylic acids is 1. The van der Waals surface area contributed by atoms with E-state index in [1.165, 1.54) is 12.1 Å². The molecule has 0 spiro atoms. The van der Waals surface area contributed by atoms with Crippen LogP contribution in [-0.4, -0.2) is 23.2 Å². The Balaban J connectivity index is 0.00000200. The summed E-state index contributed by atoms with van der Waals surface area (Å²) in [7, 11) is 0. The molecule has 1 amide bonds. The first-order valence-corrected chi connectivity index (χ1v) is 6.51. The van der Waals surface area contributed by atoms with Gasteiger partial charge < -0.3 is 16.2 Å². The van der Waals surface area contributed by atoms with Crippen molar-refractivity contribution in [2.24, 2.45) is 11.7 Å². The summed E-state index contributed by atoms with van der Waals surface area (Å²) in [4.78, 5) is 11.9. The quantitative estimate of drug-likeness (QED) is 0.791. The number of amides is 1. The second kappa shape index (κ2) is 7.22. The third-order valence-corrected chi connectivity index (χ3v) is 3.80. The highest BCUT2D eigenvalue weighted by molar-refractivity contribution is 6.31. The van der Waals surface area contributed by atoms with E-state index in [1.807, 2.05) is 0 Å². The molecule has 0 aliphatic heterocycles. The Morgan fingerprint density at radius 1 is 1.50 bits per heavy atom. The summed E-state index contributed by atoms with van der Waals surface area (Å²) in [5.74, 6) is -1.00. The van der Waals surface area contributed by atoms with Crippen molar-refractivity contribution in [3.63, 3.8) is 0 Å². The van der Waals surface area contributed by atoms with Crippen molar-refractivity contribution in [1.82, 2.24) is 5.32 Å². The van der Waals surface area contributed by atoms with Crippen LogP contribution in [0.5, 0.6) is 0 Å². The van der Waals surface area contributed by atoms with Crippen LogP contribution in [0.4, 0.5) is 4.39 Å². The number of nitrogens with two attached hydrogens (primary N) is 1. The van der Waals surface area contributed by atoms with Crippen molar-refractivity contribution in [1.29, 1.82) is 0 Å². The van der Waals surface area contributed by atoms with Gasteiger partial charge in [0.2, 0.25) is 5.91 Å². The van der Waals surface area contributed by atoms with E-state index in [9.17, 15) is 14.3 Å². The number of benzene rings is 1. The fraction of sp³-hybridized carbons (Fsp3) is 0.462. The topological polar surface area (TPSA) is 75.4 Å². The van der Waals surface area contributed by atoms with E-state index >= 15 is 0 Å². The molecule has 1 aromatic carbocycles. The average molecular weight is 323 g/mol. The molecule has 0 bridgehead atoms. The second-order valence-electron chi connectivity index (χ2n) is 4.82. The minimum Gasteiger partial charge on any atom is -0.391 e. The van der Waals surface area contributed by atoms with E-state index in [1.54, 1.807) is 6.07 Å². The van der Waals surface area contributed by atoms with Crippen LogP contribution >= 0.6 is 24.0 Å². The number of nitrogens with one attached hydrogen (secondary N) is 1. The largest absolute Gasteiger partial charge is 0.391 e. The average Bonchev–Trinajstić information content (AvgIpc) is 2.69. The zero-order chi connectivity index (χ0) is 14.0. The monoisotopic (exact) mass is 322 g/mol. The van der Waals surface area contributed by atoms with E-state index in [0.29, 0.717) is 12.8 Å². The summed E-state index contributed by atoms with van der Waals surface area (Å²) in [6, 6.07) is 4.01. The zero-order valence-corrected chi connectivity index (χ0v) is 12.3. The number of aliphatic hydroxyl groups is 1. The number of carbonyl (C=O) groups is 1. The van der Waals surface area contributed by atoms with Crippen molar-refractivity contribution >= 4 is 29.9 Å². The maximum Gasteiger partial charge on any atom is 0.223 e. The lowest BCUT2D eigenvalue weighted by Crippen LogP contribution is -2.30. The molecule has 1 aliphatic rings. The summed E-state index contributed by atoms with van der Waals surface area (Å²) < 4.78 is 13.5. The standard InChI is InChI=1S/C13H16ClFN2O2.ClH/c14-9-2-1-3-10(15)8(9)6-17-13(19)7-4-11(16)12(18)5-7;/h1-3,7,11-12,18H,4-6,16H2,(H,17,19);1H/t7-,11+,12+;/m0./s1. The lowest BCUT2D eigenvalue weighted by Gasteiger charge is -2.12. The minimum absolute atomic E-state index is 0. The van der Waals surface area contributed by atoms with Crippen LogP contribution < -0.4 is 11.1 Å². The Kier molecular flexibility index (Phi) is 6.20. The summed E-state index contributed by atoms with van der Waals surface area (Å²) >= 11 is 5.87. The van der Waals surface area contributed by atoms with Crippen molar-refractivity contribution in [2.45, 2.75) is 31.5 Å². The van der Waals surface area contributed by atoms with Gasteiger partial charge in [-0.1, -0.05) is 17.7 Å². The number of halogens is 3. The number of aliphatic hydroxyl groups excluding tert-OH is 1. The molecule has 7 heteroatoms. The molecule has 1 fully saturated rings. The summed E-state index contributed by atoms with van der Waals surface area (Å²) in [5.41, 5.74) is 5.92. The molecular weight excluding hydrogens is 306 g/mol. The van der Waals surface area contributed by atoms with Crippen LogP contribution in [-0.2, 0) is 11.3 Å². The molecule has 20 heavy (non-hydrogen) atoms. The van der Waals surface area contributed by atoms with Gasteiger partial charge in [-0.2, -0.15) is 0 Å². The minimum atomic E-state index is -0.646. The maximum absolute atomic E-state index is 13.5. The molecule has 4 N–H and O–H groups in total. The molecule has 3 atom stereocenters. The van der Waals surface area contributed by atoms with Crippen LogP contribution in [0.1, 0.15) is 18.4 Å². The van der Waals surface area contributed by atoms with E-state index in [-0.39, 0.29) is 47.4 Å². The van der Waals surface area contributed by atoms with Crippen molar-refractivity contribution in [3.05, 3.63) is 34.6 Å². The van der Waals surface area contributed by atoms with E-state index in [0.717, 1.165) is 0 Å². The first-order valence-electron chi connectivity index (χ1n) is 6.13. The van der Waals surface area contributed by atoms with Gasteiger partial charge in [0.1, 0.15) is 5.82 Å². The second-order valence-corrected chi connectivity index (χ2v) is 5.22. The highest BCUT2D eigenvalue weighted by atomic mass is 35.5. The van der Waals surface area contributed by atoms with Gasteiger partial charge in [0.05, 0.1) is 6.10 Å². The zero-order valence-electron chi connectivity index (χ0n) is 10.7. The summed E-state index contributed by atoms with van der Waals surface area (Å²) in [6.07, 6.45) is 0.142. The van der Waals surface area contributed by atoms with Crippen molar-refractivity contribution in [2.75, 3.05) is 0 Å². The van der Waals surface area contributed by atoms with E-state index in [4.69, 9.17) is 17.3 Å². The van der Waals surface area contributed by atoms with Gasteiger partial charge in [-0.25, -0.2) is 4.39 Å². The normalized spacial score (nSPS) is 25.1. The fourth-order valence-electron chi connectivity index (χ4n) is 2.28. The van der Waals surface area contributed by atoms with Gasteiger partial charge in [-0.15, -0.1) is 12.4 Å². The molecule has 0 heterocycles. The van der Waals surface area contributed by atoms with Crippen LogP contribution in [0, 0.1) is 11.7 Å².